The van der Waals surface area contributed by atoms with E-state index in [9.17, 15) is 15.2 Å². The standard InChI is InChI=1S/C11H14ClNO5/c1-2-17-6-8(14)7-18-9-3-4-11(13(15)16)10(12)5-9/h3-5,8,14H,2,6-7H2,1H3/t8-/m0/s1. The normalized spacial score (nSPS) is 12.2. The number of aliphatic hydroxyl groups excluding tert-OH is 1. The molecule has 0 fully saturated rings. The fourth-order valence-corrected chi connectivity index (χ4v) is 1.46. The van der Waals surface area contributed by atoms with Crippen molar-refractivity contribution in [3.05, 3.63) is 33.3 Å². The highest BCUT2D eigenvalue weighted by atomic mass is 35.5. The molecule has 1 N–H and O–H groups in total. The Balaban J connectivity index is 2.53. The molecule has 0 bridgehead atoms. The van der Waals surface area contributed by atoms with Crippen LogP contribution in [-0.4, -0.2) is 36.0 Å². The van der Waals surface area contributed by atoms with Gasteiger partial charge in [0.05, 0.1) is 11.5 Å². The molecule has 0 heterocycles. The summed E-state index contributed by atoms with van der Waals surface area (Å²) in [6.45, 7) is 2.55. The molecule has 0 amide bonds. The van der Waals surface area contributed by atoms with E-state index in [2.05, 4.69) is 0 Å². The minimum absolute atomic E-state index is 0.00296. The molecule has 7 heteroatoms. The third kappa shape index (κ3) is 4.48. The molecule has 18 heavy (non-hydrogen) atoms. The first-order valence-corrected chi connectivity index (χ1v) is 5.75. The summed E-state index contributed by atoms with van der Waals surface area (Å²) in [6, 6.07) is 4.02. The Morgan fingerprint density at radius 3 is 2.78 bits per heavy atom. The minimum Gasteiger partial charge on any atom is -0.491 e. The van der Waals surface area contributed by atoms with E-state index in [0.29, 0.717) is 12.4 Å². The highest BCUT2D eigenvalue weighted by Crippen LogP contribution is 2.28. The van der Waals surface area contributed by atoms with E-state index in [-0.39, 0.29) is 23.9 Å². The lowest BCUT2D eigenvalue weighted by atomic mass is 10.3. The number of halogens is 1. The first kappa shape index (κ1) is 14.7. The average Bonchev–Trinajstić information content (AvgIpc) is 2.33. The largest absolute Gasteiger partial charge is 0.491 e. The topological polar surface area (TPSA) is 81.8 Å². The van der Waals surface area contributed by atoms with Crippen LogP contribution in [-0.2, 0) is 4.74 Å². The predicted octanol–water partition coefficient (Wildman–Crippen LogP) is 2.02. The van der Waals surface area contributed by atoms with Crippen LogP contribution in [0.1, 0.15) is 6.92 Å². The molecule has 0 aliphatic heterocycles. The Morgan fingerprint density at radius 2 is 2.22 bits per heavy atom. The molecule has 0 radical (unpaired) electrons. The van der Waals surface area contributed by atoms with Crippen LogP contribution in [0, 0.1) is 10.1 Å². The number of hydrogen-bond donors (Lipinski definition) is 1. The second-order valence-corrected chi connectivity index (χ2v) is 3.90. The number of nitrogens with zero attached hydrogens (tertiary/aromatic N) is 1. The molecule has 0 aliphatic rings. The minimum atomic E-state index is -0.751. The summed E-state index contributed by atoms with van der Waals surface area (Å²) in [5.41, 5.74) is -0.182. The van der Waals surface area contributed by atoms with Crippen LogP contribution in [0.2, 0.25) is 5.02 Å². The number of ether oxygens (including phenoxy) is 2. The van der Waals surface area contributed by atoms with Crippen molar-refractivity contribution in [1.82, 2.24) is 0 Å². The van der Waals surface area contributed by atoms with Crippen molar-refractivity contribution in [3.8, 4) is 5.75 Å². The smallest absolute Gasteiger partial charge is 0.288 e. The molecule has 0 saturated heterocycles. The molecule has 0 unspecified atom stereocenters. The summed E-state index contributed by atoms with van der Waals surface area (Å²) in [5, 5.41) is 20.0. The number of rotatable bonds is 7. The van der Waals surface area contributed by atoms with E-state index in [0.717, 1.165) is 0 Å². The van der Waals surface area contributed by atoms with Gasteiger partial charge in [-0.15, -0.1) is 0 Å². The molecule has 1 aromatic carbocycles. The Kier molecular flexibility index (Phi) is 5.84. The van der Waals surface area contributed by atoms with Crippen molar-refractivity contribution in [3.63, 3.8) is 0 Å². The Morgan fingerprint density at radius 1 is 1.50 bits per heavy atom. The molecule has 1 atom stereocenters. The zero-order valence-corrected chi connectivity index (χ0v) is 10.6. The van der Waals surface area contributed by atoms with Crippen molar-refractivity contribution < 1.29 is 19.5 Å². The third-order valence-corrected chi connectivity index (χ3v) is 2.38. The van der Waals surface area contributed by atoms with Gasteiger partial charge in [-0.05, 0) is 13.0 Å². The summed E-state index contributed by atoms with van der Waals surface area (Å²) in [6.07, 6.45) is -0.751. The van der Waals surface area contributed by atoms with Crippen molar-refractivity contribution >= 4 is 17.3 Å². The van der Waals surface area contributed by atoms with E-state index in [4.69, 9.17) is 21.1 Å². The van der Waals surface area contributed by atoms with E-state index in [1.54, 1.807) is 0 Å². The molecule has 6 nitrogen and oxygen atoms in total. The van der Waals surface area contributed by atoms with Gasteiger partial charge in [-0.1, -0.05) is 11.6 Å². The number of aliphatic hydroxyl groups is 1. The summed E-state index contributed by atoms with van der Waals surface area (Å²) >= 11 is 5.71. The quantitative estimate of drug-likeness (QED) is 0.608. The van der Waals surface area contributed by atoms with Crippen LogP contribution >= 0.6 is 11.6 Å². The van der Waals surface area contributed by atoms with Crippen molar-refractivity contribution in [2.75, 3.05) is 19.8 Å². The lowest BCUT2D eigenvalue weighted by Crippen LogP contribution is -2.23. The molecule has 1 rings (SSSR count). The molecular weight excluding hydrogens is 262 g/mol. The molecule has 0 spiro atoms. The van der Waals surface area contributed by atoms with Crippen LogP contribution in [0.15, 0.2) is 18.2 Å². The number of hydrogen-bond acceptors (Lipinski definition) is 5. The average molecular weight is 276 g/mol. The third-order valence-electron chi connectivity index (χ3n) is 2.07. The number of benzene rings is 1. The van der Waals surface area contributed by atoms with E-state index in [1.807, 2.05) is 6.92 Å². The number of nitro benzene ring substituents is 1. The molecule has 1 aromatic rings. The van der Waals surface area contributed by atoms with Crippen molar-refractivity contribution in [1.29, 1.82) is 0 Å². The SMILES string of the molecule is CCOC[C@H](O)COc1ccc([N+](=O)[O-])c(Cl)c1. The predicted molar refractivity (Wildman–Crippen MR) is 66.1 cm³/mol. The van der Waals surface area contributed by atoms with Gasteiger partial charge in [0, 0.05) is 18.7 Å². The van der Waals surface area contributed by atoms with Crippen LogP contribution in [0.3, 0.4) is 0 Å². The van der Waals surface area contributed by atoms with Crippen molar-refractivity contribution in [2.45, 2.75) is 13.0 Å². The van der Waals surface area contributed by atoms with E-state index >= 15 is 0 Å². The van der Waals surface area contributed by atoms with Gasteiger partial charge in [-0.25, -0.2) is 0 Å². The first-order valence-electron chi connectivity index (χ1n) is 5.37. The second kappa shape index (κ2) is 7.15. The fourth-order valence-electron chi connectivity index (χ4n) is 1.22. The lowest BCUT2D eigenvalue weighted by Gasteiger charge is -2.12. The maximum absolute atomic E-state index is 10.5. The molecule has 0 aromatic heterocycles. The zero-order valence-electron chi connectivity index (χ0n) is 9.84. The maximum atomic E-state index is 10.5. The van der Waals surface area contributed by atoms with E-state index in [1.165, 1.54) is 18.2 Å². The van der Waals surface area contributed by atoms with Crippen LogP contribution in [0.5, 0.6) is 5.75 Å². The summed E-state index contributed by atoms with van der Waals surface area (Å²) in [5.74, 6) is 0.362. The van der Waals surface area contributed by atoms with E-state index < -0.39 is 11.0 Å². The van der Waals surface area contributed by atoms with Gasteiger partial charge >= 0.3 is 0 Å². The van der Waals surface area contributed by atoms with Gasteiger partial charge in [0.1, 0.15) is 23.5 Å². The fraction of sp³-hybridized carbons (Fsp3) is 0.455. The molecule has 0 aliphatic carbocycles. The molecular formula is C11H14ClNO5. The van der Waals surface area contributed by atoms with Gasteiger partial charge in [-0.3, -0.25) is 10.1 Å². The second-order valence-electron chi connectivity index (χ2n) is 3.49. The monoisotopic (exact) mass is 275 g/mol. The van der Waals surface area contributed by atoms with Gasteiger partial charge < -0.3 is 14.6 Å². The Labute approximate surface area is 109 Å². The highest BCUT2D eigenvalue weighted by Gasteiger charge is 2.13. The summed E-state index contributed by atoms with van der Waals surface area (Å²) in [4.78, 5) is 9.97. The van der Waals surface area contributed by atoms with Gasteiger partial charge in [0.25, 0.3) is 5.69 Å². The van der Waals surface area contributed by atoms with Crippen LogP contribution in [0.25, 0.3) is 0 Å². The van der Waals surface area contributed by atoms with Gasteiger partial charge in [0.2, 0.25) is 0 Å². The summed E-state index contributed by atoms with van der Waals surface area (Å²) in [7, 11) is 0. The zero-order chi connectivity index (χ0) is 13.5. The molecule has 0 saturated carbocycles. The Bertz CT molecular complexity index is 412. The molecule has 100 valence electrons. The van der Waals surface area contributed by atoms with Gasteiger partial charge in [-0.2, -0.15) is 0 Å². The van der Waals surface area contributed by atoms with Crippen molar-refractivity contribution in [2.24, 2.45) is 0 Å². The summed E-state index contributed by atoms with van der Waals surface area (Å²) < 4.78 is 10.3. The Hall–Kier alpha value is -1.37. The maximum Gasteiger partial charge on any atom is 0.288 e. The van der Waals surface area contributed by atoms with Gasteiger partial charge in [0.15, 0.2) is 0 Å². The highest BCUT2D eigenvalue weighted by molar-refractivity contribution is 6.32. The number of nitro groups is 1. The van der Waals surface area contributed by atoms with Crippen LogP contribution < -0.4 is 4.74 Å². The van der Waals surface area contributed by atoms with Crippen LogP contribution in [0.4, 0.5) is 5.69 Å². The lowest BCUT2D eigenvalue weighted by molar-refractivity contribution is -0.384. The first-order chi connectivity index (χ1) is 8.54.